The highest BCUT2D eigenvalue weighted by atomic mass is 79.9. The van der Waals surface area contributed by atoms with Crippen LogP contribution < -0.4 is 10.6 Å². The lowest BCUT2D eigenvalue weighted by Gasteiger charge is -2.07. The van der Waals surface area contributed by atoms with Gasteiger partial charge in [0.1, 0.15) is 6.54 Å². The van der Waals surface area contributed by atoms with Crippen LogP contribution in [-0.4, -0.2) is 16.5 Å². The van der Waals surface area contributed by atoms with Crippen LogP contribution in [0.25, 0.3) is 0 Å². The van der Waals surface area contributed by atoms with Crippen LogP contribution >= 0.6 is 15.9 Å². The Labute approximate surface area is 133 Å². The van der Waals surface area contributed by atoms with Gasteiger partial charge in [-0.25, -0.2) is 0 Å². The van der Waals surface area contributed by atoms with Gasteiger partial charge in [-0.05, 0) is 29.8 Å². The van der Waals surface area contributed by atoms with Gasteiger partial charge in [0.25, 0.3) is 0 Å². The van der Waals surface area contributed by atoms with Crippen LogP contribution in [0, 0.1) is 0 Å². The van der Waals surface area contributed by atoms with Gasteiger partial charge in [-0.3, -0.25) is 4.79 Å². The number of aromatic nitrogens is 1. The van der Waals surface area contributed by atoms with Crippen LogP contribution in [-0.2, 0) is 17.9 Å². The van der Waals surface area contributed by atoms with Crippen molar-refractivity contribution >= 4 is 27.5 Å². The molecule has 1 amide bonds. The van der Waals surface area contributed by atoms with E-state index in [2.05, 4.69) is 40.4 Å². The number of rotatable bonds is 6. The maximum absolute atomic E-state index is 12.0. The second-order valence-corrected chi connectivity index (χ2v) is 6.20. The van der Waals surface area contributed by atoms with E-state index in [1.807, 2.05) is 47.3 Å². The van der Waals surface area contributed by atoms with Crippen LogP contribution in [0.5, 0.6) is 0 Å². The number of hydrogen-bond donors (Lipinski definition) is 2. The van der Waals surface area contributed by atoms with Gasteiger partial charge in [-0.1, -0.05) is 35.8 Å². The maximum Gasteiger partial charge on any atom is 0.244 e. The smallest absolute Gasteiger partial charge is 0.244 e. The molecule has 2 N–H and O–H groups in total. The van der Waals surface area contributed by atoms with E-state index in [-0.39, 0.29) is 5.91 Å². The van der Waals surface area contributed by atoms with Crippen molar-refractivity contribution in [1.29, 1.82) is 0 Å². The number of nitrogens with one attached hydrogen (secondary N) is 2. The standard InChI is InChI=1S/C16H20BrN3O/c1-12(2)18-9-13-6-7-20(10-13)11-16(21)19-15-5-3-4-14(17)8-15/h3-8,10,12,18H,9,11H2,1-2H3,(H,19,21). The van der Waals surface area contributed by atoms with E-state index in [0.29, 0.717) is 12.6 Å². The second kappa shape index (κ2) is 7.43. The highest BCUT2D eigenvalue weighted by molar-refractivity contribution is 9.10. The van der Waals surface area contributed by atoms with Crippen LogP contribution in [0.4, 0.5) is 5.69 Å². The molecule has 0 spiro atoms. The summed E-state index contributed by atoms with van der Waals surface area (Å²) in [5, 5.41) is 6.24. The largest absolute Gasteiger partial charge is 0.345 e. The summed E-state index contributed by atoms with van der Waals surface area (Å²) in [4.78, 5) is 12.0. The fourth-order valence-electron chi connectivity index (χ4n) is 1.95. The second-order valence-electron chi connectivity index (χ2n) is 5.29. The third-order valence-electron chi connectivity index (χ3n) is 2.96. The Morgan fingerprint density at radius 1 is 1.33 bits per heavy atom. The Morgan fingerprint density at radius 2 is 2.14 bits per heavy atom. The molecule has 1 aromatic heterocycles. The summed E-state index contributed by atoms with van der Waals surface area (Å²) in [6, 6.07) is 10.1. The van der Waals surface area contributed by atoms with Gasteiger partial charge in [-0.15, -0.1) is 0 Å². The van der Waals surface area contributed by atoms with Crippen molar-refractivity contribution in [2.45, 2.75) is 33.0 Å². The van der Waals surface area contributed by atoms with Crippen molar-refractivity contribution in [2.24, 2.45) is 0 Å². The molecule has 1 aromatic carbocycles. The molecule has 0 radical (unpaired) electrons. The molecule has 0 aliphatic heterocycles. The minimum absolute atomic E-state index is 0.0351. The number of carbonyl (C=O) groups excluding carboxylic acids is 1. The first-order chi connectivity index (χ1) is 10.0. The first-order valence-corrected chi connectivity index (χ1v) is 7.75. The number of carbonyl (C=O) groups is 1. The number of anilines is 1. The number of halogens is 1. The van der Waals surface area contributed by atoms with Crippen molar-refractivity contribution in [3.05, 3.63) is 52.8 Å². The zero-order valence-corrected chi connectivity index (χ0v) is 13.9. The van der Waals surface area contributed by atoms with Crippen molar-refractivity contribution in [1.82, 2.24) is 9.88 Å². The zero-order valence-electron chi connectivity index (χ0n) is 12.3. The quantitative estimate of drug-likeness (QED) is 0.839. The van der Waals surface area contributed by atoms with Crippen LogP contribution in [0.3, 0.4) is 0 Å². The molecule has 0 aliphatic rings. The van der Waals surface area contributed by atoms with Gasteiger partial charge >= 0.3 is 0 Å². The molecule has 2 rings (SSSR count). The minimum atomic E-state index is -0.0351. The minimum Gasteiger partial charge on any atom is -0.345 e. The molecule has 21 heavy (non-hydrogen) atoms. The Morgan fingerprint density at radius 3 is 2.86 bits per heavy atom. The predicted molar refractivity (Wildman–Crippen MR) is 89.2 cm³/mol. The number of amides is 1. The van der Waals surface area contributed by atoms with Gasteiger partial charge in [0.15, 0.2) is 0 Å². The monoisotopic (exact) mass is 349 g/mol. The van der Waals surface area contributed by atoms with E-state index in [0.717, 1.165) is 16.7 Å². The average Bonchev–Trinajstić information content (AvgIpc) is 2.83. The summed E-state index contributed by atoms with van der Waals surface area (Å²) in [6.45, 7) is 5.36. The normalized spacial score (nSPS) is 10.9. The van der Waals surface area contributed by atoms with E-state index in [1.54, 1.807) is 0 Å². The lowest BCUT2D eigenvalue weighted by atomic mass is 10.3. The molecule has 0 atom stereocenters. The predicted octanol–water partition coefficient (Wildman–Crippen LogP) is 3.39. The number of nitrogens with zero attached hydrogens (tertiary/aromatic N) is 1. The van der Waals surface area contributed by atoms with Gasteiger partial charge in [0.2, 0.25) is 5.91 Å². The SMILES string of the molecule is CC(C)NCc1ccn(CC(=O)Nc2cccc(Br)c2)c1. The molecular formula is C16H20BrN3O. The summed E-state index contributed by atoms with van der Waals surface area (Å²) >= 11 is 3.39. The van der Waals surface area contributed by atoms with Crippen LogP contribution in [0.15, 0.2) is 47.2 Å². The molecular weight excluding hydrogens is 330 g/mol. The lowest BCUT2D eigenvalue weighted by molar-refractivity contribution is -0.116. The summed E-state index contributed by atoms with van der Waals surface area (Å²) in [5.41, 5.74) is 1.97. The van der Waals surface area contributed by atoms with E-state index in [9.17, 15) is 4.79 Å². The fraction of sp³-hybridized carbons (Fsp3) is 0.312. The highest BCUT2D eigenvalue weighted by Gasteiger charge is 2.05. The Balaban J connectivity index is 1.88. The van der Waals surface area contributed by atoms with E-state index < -0.39 is 0 Å². The number of hydrogen-bond acceptors (Lipinski definition) is 2. The molecule has 0 aliphatic carbocycles. The van der Waals surface area contributed by atoms with E-state index in [4.69, 9.17) is 0 Å². The lowest BCUT2D eigenvalue weighted by Crippen LogP contribution is -2.21. The molecule has 5 heteroatoms. The van der Waals surface area contributed by atoms with Crippen molar-refractivity contribution < 1.29 is 4.79 Å². The zero-order chi connectivity index (χ0) is 15.2. The fourth-order valence-corrected chi connectivity index (χ4v) is 2.35. The summed E-state index contributed by atoms with van der Waals surface area (Å²) in [5.74, 6) is -0.0351. The van der Waals surface area contributed by atoms with Gasteiger partial charge in [0.05, 0.1) is 0 Å². The molecule has 0 bridgehead atoms. The Bertz CT molecular complexity index is 607. The molecule has 2 aromatic rings. The van der Waals surface area contributed by atoms with E-state index >= 15 is 0 Å². The highest BCUT2D eigenvalue weighted by Crippen LogP contribution is 2.15. The molecule has 112 valence electrons. The summed E-state index contributed by atoms with van der Waals surface area (Å²) in [7, 11) is 0. The first kappa shape index (κ1) is 15.8. The third-order valence-corrected chi connectivity index (χ3v) is 3.45. The van der Waals surface area contributed by atoms with Gasteiger partial charge < -0.3 is 15.2 Å². The number of benzene rings is 1. The maximum atomic E-state index is 12.0. The average molecular weight is 350 g/mol. The Kier molecular flexibility index (Phi) is 5.59. The molecule has 0 unspecified atom stereocenters. The van der Waals surface area contributed by atoms with Crippen molar-refractivity contribution in [2.75, 3.05) is 5.32 Å². The summed E-state index contributed by atoms with van der Waals surface area (Å²) in [6.07, 6.45) is 3.92. The van der Waals surface area contributed by atoms with Gasteiger partial charge in [0, 0.05) is 35.1 Å². The summed E-state index contributed by atoms with van der Waals surface area (Å²) < 4.78 is 2.84. The van der Waals surface area contributed by atoms with Crippen molar-refractivity contribution in [3.63, 3.8) is 0 Å². The molecule has 0 fully saturated rings. The topological polar surface area (TPSA) is 46.1 Å². The van der Waals surface area contributed by atoms with E-state index in [1.165, 1.54) is 5.56 Å². The third kappa shape index (κ3) is 5.36. The molecule has 4 nitrogen and oxygen atoms in total. The van der Waals surface area contributed by atoms with Gasteiger partial charge in [-0.2, -0.15) is 0 Å². The Hall–Kier alpha value is -1.59. The van der Waals surface area contributed by atoms with Crippen molar-refractivity contribution in [3.8, 4) is 0 Å². The molecule has 1 heterocycles. The molecule has 0 saturated heterocycles. The first-order valence-electron chi connectivity index (χ1n) is 6.96. The van der Waals surface area contributed by atoms with Crippen LogP contribution in [0.2, 0.25) is 0 Å². The molecule has 0 saturated carbocycles. The van der Waals surface area contributed by atoms with Crippen LogP contribution in [0.1, 0.15) is 19.4 Å².